The molecule has 0 aromatic rings. The Morgan fingerprint density at radius 3 is 2.71 bits per heavy atom. The van der Waals surface area contributed by atoms with Gasteiger partial charge in [0.2, 0.25) is 0 Å². The normalized spacial score (nSPS) is 9.43. The molecule has 44 valence electrons. The van der Waals surface area contributed by atoms with Crippen molar-refractivity contribution in [2.45, 2.75) is 6.92 Å². The van der Waals surface area contributed by atoms with E-state index in [1.54, 1.807) is 7.05 Å². The number of likely N-dealkylation sites (N-methyl/N-ethyl adjacent to an activating group) is 1. The summed E-state index contributed by atoms with van der Waals surface area (Å²) in [5.41, 5.74) is 0. The van der Waals surface area contributed by atoms with Crippen LogP contribution in [0.1, 0.15) is 6.92 Å². The summed E-state index contributed by atoms with van der Waals surface area (Å²) >= 11 is 0. The summed E-state index contributed by atoms with van der Waals surface area (Å²) < 4.78 is 4.98. The van der Waals surface area contributed by atoms with Gasteiger partial charge in [0.1, 0.15) is 0 Å². The second-order valence-electron chi connectivity index (χ2n) is 1.24. The molecule has 0 aliphatic rings. The highest BCUT2D eigenvalue weighted by molar-refractivity contribution is 4.67. The summed E-state index contributed by atoms with van der Waals surface area (Å²) in [6, 6.07) is 0. The fraction of sp³-hybridized carbons (Fsp3) is 1.00. The molecule has 0 saturated carbocycles. The zero-order chi connectivity index (χ0) is 5.54. The Bertz CT molecular complexity index is 27.3. The number of nitrogens with zero attached hydrogens (tertiary/aromatic N) is 1. The van der Waals surface area contributed by atoms with Crippen molar-refractivity contribution in [3.05, 3.63) is 5.32 Å². The zero-order valence-corrected chi connectivity index (χ0v) is 4.98. The van der Waals surface area contributed by atoms with Crippen molar-refractivity contribution < 1.29 is 4.74 Å². The zero-order valence-electron chi connectivity index (χ0n) is 4.98. The molecule has 0 bridgehead atoms. The van der Waals surface area contributed by atoms with Gasteiger partial charge in [0.05, 0.1) is 0 Å². The van der Waals surface area contributed by atoms with E-state index in [2.05, 4.69) is 5.32 Å². The van der Waals surface area contributed by atoms with Crippen LogP contribution in [0.25, 0.3) is 5.32 Å². The SMILES string of the molecule is CCOCC[N-]C. The Hall–Kier alpha value is -0.0800. The van der Waals surface area contributed by atoms with E-state index >= 15 is 0 Å². The van der Waals surface area contributed by atoms with Crippen LogP contribution < -0.4 is 0 Å². The second-order valence-corrected chi connectivity index (χ2v) is 1.24. The predicted octanol–water partition coefficient (Wildman–Crippen LogP) is 1.03. The first kappa shape index (κ1) is 6.92. The fourth-order valence-electron chi connectivity index (χ4n) is 0.300. The molecule has 0 rings (SSSR count). The van der Waals surface area contributed by atoms with Crippen molar-refractivity contribution in [3.8, 4) is 0 Å². The van der Waals surface area contributed by atoms with E-state index in [1.165, 1.54) is 0 Å². The van der Waals surface area contributed by atoms with Crippen LogP contribution in [0, 0.1) is 0 Å². The van der Waals surface area contributed by atoms with Gasteiger partial charge in [0.25, 0.3) is 0 Å². The Balaban J connectivity index is 2.45. The summed E-state index contributed by atoms with van der Waals surface area (Å²) in [5, 5.41) is 3.85. The van der Waals surface area contributed by atoms with E-state index in [4.69, 9.17) is 4.74 Å². The van der Waals surface area contributed by atoms with Gasteiger partial charge in [-0.1, -0.05) is 0 Å². The molecule has 0 fully saturated rings. The molecule has 0 spiro atoms. The topological polar surface area (TPSA) is 23.3 Å². The molecular weight excluding hydrogens is 90.1 g/mol. The highest BCUT2D eigenvalue weighted by Crippen LogP contribution is 1.77. The molecule has 0 heterocycles. The third-order valence-electron chi connectivity index (χ3n) is 0.663. The first-order chi connectivity index (χ1) is 3.41. The summed E-state index contributed by atoms with van der Waals surface area (Å²) in [6.07, 6.45) is 0. The Morgan fingerprint density at radius 1 is 1.57 bits per heavy atom. The van der Waals surface area contributed by atoms with Crippen molar-refractivity contribution in [3.63, 3.8) is 0 Å². The first-order valence-electron chi connectivity index (χ1n) is 2.55. The molecule has 7 heavy (non-hydrogen) atoms. The molecule has 0 amide bonds. The molecule has 0 aliphatic carbocycles. The van der Waals surface area contributed by atoms with Crippen LogP contribution in [0.5, 0.6) is 0 Å². The highest BCUT2D eigenvalue weighted by Gasteiger charge is 1.70. The number of hydrogen-bond acceptors (Lipinski definition) is 1. The molecule has 0 saturated heterocycles. The summed E-state index contributed by atoms with van der Waals surface area (Å²) in [5.74, 6) is 0. The van der Waals surface area contributed by atoms with Gasteiger partial charge >= 0.3 is 0 Å². The molecule has 2 heteroatoms. The Kier molecular flexibility index (Phi) is 5.85. The van der Waals surface area contributed by atoms with Crippen LogP contribution in [0.4, 0.5) is 0 Å². The molecule has 2 nitrogen and oxygen atoms in total. The number of hydrogen-bond donors (Lipinski definition) is 0. The molecule has 0 aromatic carbocycles. The molecule has 0 unspecified atom stereocenters. The first-order valence-corrected chi connectivity index (χ1v) is 2.55. The van der Waals surface area contributed by atoms with Crippen molar-refractivity contribution in [2.24, 2.45) is 0 Å². The van der Waals surface area contributed by atoms with E-state index in [0.29, 0.717) is 0 Å². The van der Waals surface area contributed by atoms with Gasteiger partial charge in [-0.3, -0.25) is 0 Å². The lowest BCUT2D eigenvalue weighted by Gasteiger charge is -2.08. The monoisotopic (exact) mass is 102 g/mol. The third-order valence-corrected chi connectivity index (χ3v) is 0.663. The van der Waals surface area contributed by atoms with Gasteiger partial charge in [-0.05, 0) is 6.92 Å². The summed E-state index contributed by atoms with van der Waals surface area (Å²) in [6.45, 7) is 4.38. The molecule has 0 radical (unpaired) electrons. The van der Waals surface area contributed by atoms with Crippen LogP contribution in [0.3, 0.4) is 0 Å². The smallest absolute Gasteiger partial charge is 0.0436 e. The van der Waals surface area contributed by atoms with Gasteiger partial charge in [0.15, 0.2) is 0 Å². The van der Waals surface area contributed by atoms with Crippen LogP contribution in [-0.2, 0) is 4.74 Å². The van der Waals surface area contributed by atoms with Gasteiger partial charge < -0.3 is 10.1 Å². The van der Waals surface area contributed by atoms with Crippen LogP contribution in [0.2, 0.25) is 0 Å². The Labute approximate surface area is 44.9 Å². The Morgan fingerprint density at radius 2 is 2.29 bits per heavy atom. The van der Waals surface area contributed by atoms with Crippen molar-refractivity contribution in [2.75, 3.05) is 26.8 Å². The molecule has 0 N–H and O–H groups in total. The summed E-state index contributed by atoms with van der Waals surface area (Å²) in [7, 11) is 1.79. The lowest BCUT2D eigenvalue weighted by atomic mass is 10.7. The van der Waals surface area contributed by atoms with Crippen molar-refractivity contribution in [1.82, 2.24) is 0 Å². The van der Waals surface area contributed by atoms with Crippen LogP contribution >= 0.6 is 0 Å². The second kappa shape index (κ2) is 5.92. The molecular formula is C5H12NO-. The maximum Gasteiger partial charge on any atom is 0.0436 e. The van der Waals surface area contributed by atoms with Gasteiger partial charge in [-0.15, -0.1) is 6.54 Å². The minimum absolute atomic E-state index is 0.771. The van der Waals surface area contributed by atoms with E-state index in [9.17, 15) is 0 Å². The molecule has 0 aromatic heterocycles. The molecule has 0 atom stereocenters. The van der Waals surface area contributed by atoms with Gasteiger partial charge in [-0.2, -0.15) is 7.05 Å². The maximum atomic E-state index is 4.98. The maximum absolute atomic E-state index is 4.98. The van der Waals surface area contributed by atoms with E-state index in [0.717, 1.165) is 19.8 Å². The van der Waals surface area contributed by atoms with E-state index < -0.39 is 0 Å². The van der Waals surface area contributed by atoms with E-state index in [1.807, 2.05) is 6.92 Å². The lowest BCUT2D eigenvalue weighted by Crippen LogP contribution is -1.96. The minimum Gasteiger partial charge on any atom is -0.663 e. The average Bonchev–Trinajstić information content (AvgIpc) is 1.69. The average molecular weight is 102 g/mol. The number of ether oxygens (including phenoxy) is 1. The van der Waals surface area contributed by atoms with E-state index in [-0.39, 0.29) is 0 Å². The highest BCUT2D eigenvalue weighted by atomic mass is 16.5. The summed E-state index contributed by atoms with van der Waals surface area (Å²) in [4.78, 5) is 0. The number of rotatable bonds is 4. The van der Waals surface area contributed by atoms with Crippen LogP contribution in [-0.4, -0.2) is 26.8 Å². The predicted molar refractivity (Wildman–Crippen MR) is 30.6 cm³/mol. The van der Waals surface area contributed by atoms with Gasteiger partial charge in [-0.25, -0.2) is 0 Å². The third kappa shape index (κ3) is 5.92. The van der Waals surface area contributed by atoms with Crippen LogP contribution in [0.15, 0.2) is 0 Å². The quantitative estimate of drug-likeness (QED) is 0.486. The fourth-order valence-corrected chi connectivity index (χ4v) is 0.300. The van der Waals surface area contributed by atoms with Gasteiger partial charge in [0, 0.05) is 13.2 Å². The minimum atomic E-state index is 0.771. The largest absolute Gasteiger partial charge is 0.663 e. The van der Waals surface area contributed by atoms with Crippen molar-refractivity contribution in [1.29, 1.82) is 0 Å². The molecule has 0 aliphatic heterocycles. The lowest BCUT2D eigenvalue weighted by molar-refractivity contribution is 0.159. The van der Waals surface area contributed by atoms with Crippen molar-refractivity contribution >= 4 is 0 Å². The standard InChI is InChI=1S/C5H12NO/c1-3-7-5-4-6-2/h3-5H2,1-2H3/q-1.